The number of halogens is 2. The van der Waals surface area contributed by atoms with Gasteiger partial charge in [-0.15, -0.1) is 0 Å². The van der Waals surface area contributed by atoms with E-state index in [2.05, 4.69) is 15.9 Å². The highest BCUT2D eigenvalue weighted by atomic mass is 79.9. The second-order valence-corrected chi connectivity index (χ2v) is 6.06. The van der Waals surface area contributed by atoms with Crippen molar-refractivity contribution < 1.29 is 13.5 Å². The Balaban J connectivity index is 3.10. The van der Waals surface area contributed by atoms with Gasteiger partial charge in [0.1, 0.15) is 5.75 Å². The van der Waals surface area contributed by atoms with Crippen LogP contribution in [0.15, 0.2) is 22.7 Å². The van der Waals surface area contributed by atoms with Crippen molar-refractivity contribution in [1.29, 1.82) is 0 Å². The number of hydrogen-bond donors (Lipinski definition) is 1. The number of phenols is 1. The van der Waals surface area contributed by atoms with Gasteiger partial charge in [-0.2, -0.15) is 0 Å². The third kappa shape index (κ3) is 3.17. The van der Waals surface area contributed by atoms with Gasteiger partial charge < -0.3 is 5.11 Å². The monoisotopic (exact) mass is 284 g/mol. The third-order valence-corrected chi connectivity index (χ3v) is 3.02. The van der Waals surface area contributed by atoms with Crippen LogP contribution in [0.2, 0.25) is 0 Å². The molecule has 0 atom stereocenters. The summed E-state index contributed by atoms with van der Waals surface area (Å²) in [5, 5.41) is 9.39. The molecule has 13 heavy (non-hydrogen) atoms. The van der Waals surface area contributed by atoms with Gasteiger partial charge in [-0.1, -0.05) is 12.1 Å². The second-order valence-electron chi connectivity index (χ2n) is 2.43. The van der Waals surface area contributed by atoms with Crippen molar-refractivity contribution >= 4 is 35.7 Å². The van der Waals surface area contributed by atoms with Crippen LogP contribution in [0.3, 0.4) is 0 Å². The highest BCUT2D eigenvalue weighted by molar-refractivity contribution is 9.10. The first-order chi connectivity index (χ1) is 5.90. The molecule has 0 spiro atoms. The minimum absolute atomic E-state index is 0.0910. The zero-order valence-corrected chi connectivity index (χ0v) is 9.53. The van der Waals surface area contributed by atoms with Crippen molar-refractivity contribution in [2.24, 2.45) is 0 Å². The van der Waals surface area contributed by atoms with E-state index >= 15 is 0 Å². The molecule has 0 radical (unpaired) electrons. The molecule has 0 saturated heterocycles. The molecule has 0 saturated carbocycles. The van der Waals surface area contributed by atoms with Crippen LogP contribution in [0.5, 0.6) is 5.75 Å². The Morgan fingerprint density at radius 1 is 1.46 bits per heavy atom. The lowest BCUT2D eigenvalue weighted by Crippen LogP contribution is -1.95. The molecule has 6 heteroatoms. The summed E-state index contributed by atoms with van der Waals surface area (Å²) in [6.07, 6.45) is 0. The molecule has 0 aromatic heterocycles. The molecule has 0 aliphatic heterocycles. The lowest BCUT2D eigenvalue weighted by atomic mass is 10.2. The SMILES string of the molecule is O=S(=O)(Cl)Cc1cccc(Br)c1O. The predicted octanol–water partition coefficient (Wildman–Crippen LogP) is 2.22. The first kappa shape index (κ1) is 10.8. The highest BCUT2D eigenvalue weighted by Crippen LogP contribution is 2.29. The molecule has 1 aromatic rings. The molecule has 0 unspecified atom stereocenters. The Morgan fingerprint density at radius 3 is 2.62 bits per heavy atom. The summed E-state index contributed by atoms with van der Waals surface area (Å²) in [6, 6.07) is 4.74. The standard InChI is InChI=1S/C7H6BrClO3S/c8-6-3-1-2-5(7(6)10)4-13(9,11)12/h1-3,10H,4H2. The molecule has 0 aliphatic rings. The van der Waals surface area contributed by atoms with Crippen LogP contribution in [0.1, 0.15) is 5.56 Å². The minimum Gasteiger partial charge on any atom is -0.506 e. The maximum atomic E-state index is 10.7. The van der Waals surface area contributed by atoms with E-state index in [4.69, 9.17) is 10.7 Å². The summed E-state index contributed by atoms with van der Waals surface area (Å²) in [6.45, 7) is 0. The van der Waals surface area contributed by atoms with Crippen molar-refractivity contribution in [3.05, 3.63) is 28.2 Å². The highest BCUT2D eigenvalue weighted by Gasteiger charge is 2.12. The summed E-state index contributed by atoms with van der Waals surface area (Å²) in [7, 11) is 1.41. The van der Waals surface area contributed by atoms with Crippen LogP contribution in [-0.2, 0) is 14.8 Å². The van der Waals surface area contributed by atoms with Crippen LogP contribution >= 0.6 is 26.6 Å². The van der Waals surface area contributed by atoms with Gasteiger partial charge in [-0.3, -0.25) is 0 Å². The second kappa shape index (κ2) is 3.86. The number of phenolic OH excluding ortho intramolecular Hbond substituents is 1. The Hall–Kier alpha value is -0.260. The van der Waals surface area contributed by atoms with Crippen LogP contribution in [-0.4, -0.2) is 13.5 Å². The molecular weight excluding hydrogens is 279 g/mol. The fraction of sp³-hybridized carbons (Fsp3) is 0.143. The smallest absolute Gasteiger partial charge is 0.236 e. The maximum absolute atomic E-state index is 10.7. The number of hydrogen-bond acceptors (Lipinski definition) is 3. The van der Waals surface area contributed by atoms with Gasteiger partial charge in [0.15, 0.2) is 0 Å². The van der Waals surface area contributed by atoms with Crippen molar-refractivity contribution in [2.75, 3.05) is 0 Å². The lowest BCUT2D eigenvalue weighted by Gasteiger charge is -2.02. The van der Waals surface area contributed by atoms with Crippen LogP contribution in [0.25, 0.3) is 0 Å². The number of benzene rings is 1. The van der Waals surface area contributed by atoms with E-state index in [-0.39, 0.29) is 17.1 Å². The average molecular weight is 286 g/mol. The van der Waals surface area contributed by atoms with Crippen molar-refractivity contribution in [3.8, 4) is 5.75 Å². The summed E-state index contributed by atoms with van der Waals surface area (Å²) >= 11 is 3.07. The van der Waals surface area contributed by atoms with E-state index in [1.807, 2.05) is 0 Å². The number of rotatable bonds is 2. The zero-order chi connectivity index (χ0) is 10.1. The largest absolute Gasteiger partial charge is 0.506 e. The molecule has 1 aromatic carbocycles. The third-order valence-electron chi connectivity index (χ3n) is 1.40. The fourth-order valence-corrected chi connectivity index (χ4v) is 2.23. The van der Waals surface area contributed by atoms with Gasteiger partial charge >= 0.3 is 0 Å². The Morgan fingerprint density at radius 2 is 2.08 bits per heavy atom. The molecule has 0 amide bonds. The van der Waals surface area contributed by atoms with Gasteiger partial charge in [0.2, 0.25) is 9.05 Å². The Labute approximate surface area is 88.9 Å². The van der Waals surface area contributed by atoms with Gasteiger partial charge in [0, 0.05) is 16.2 Å². The first-order valence-corrected chi connectivity index (χ1v) is 6.56. The van der Waals surface area contributed by atoms with E-state index in [0.717, 1.165) is 0 Å². The van der Waals surface area contributed by atoms with Crippen molar-refractivity contribution in [1.82, 2.24) is 0 Å². The summed E-state index contributed by atoms with van der Waals surface area (Å²) in [4.78, 5) is 0. The van der Waals surface area contributed by atoms with Gasteiger partial charge in [-0.05, 0) is 22.0 Å². The molecule has 3 nitrogen and oxygen atoms in total. The van der Waals surface area contributed by atoms with Gasteiger partial charge in [0.25, 0.3) is 0 Å². The Bertz CT molecular complexity index is 416. The molecule has 1 N–H and O–H groups in total. The minimum atomic E-state index is -3.63. The zero-order valence-electron chi connectivity index (χ0n) is 6.37. The van der Waals surface area contributed by atoms with Gasteiger partial charge in [0.05, 0.1) is 10.2 Å². The van der Waals surface area contributed by atoms with E-state index < -0.39 is 9.05 Å². The van der Waals surface area contributed by atoms with Crippen molar-refractivity contribution in [3.63, 3.8) is 0 Å². The molecule has 72 valence electrons. The normalized spacial score (nSPS) is 11.5. The summed E-state index contributed by atoms with van der Waals surface area (Å²) in [5.41, 5.74) is 0.282. The topological polar surface area (TPSA) is 54.4 Å². The van der Waals surface area contributed by atoms with E-state index in [9.17, 15) is 13.5 Å². The first-order valence-electron chi connectivity index (χ1n) is 3.29. The molecule has 0 fully saturated rings. The number of para-hydroxylation sites is 1. The van der Waals surface area contributed by atoms with Crippen LogP contribution < -0.4 is 0 Å². The number of aromatic hydroxyl groups is 1. The molecule has 0 aliphatic carbocycles. The lowest BCUT2D eigenvalue weighted by molar-refractivity contribution is 0.466. The molecule has 1 rings (SSSR count). The maximum Gasteiger partial charge on any atom is 0.236 e. The molecule has 0 bridgehead atoms. The molecular formula is C7H6BrClO3S. The fourth-order valence-electron chi connectivity index (χ4n) is 0.862. The van der Waals surface area contributed by atoms with E-state index in [1.165, 1.54) is 6.07 Å². The van der Waals surface area contributed by atoms with E-state index in [1.54, 1.807) is 12.1 Å². The van der Waals surface area contributed by atoms with Crippen molar-refractivity contribution in [2.45, 2.75) is 5.75 Å². The summed E-state index contributed by atoms with van der Waals surface area (Å²) < 4.78 is 21.9. The average Bonchev–Trinajstić information content (AvgIpc) is 1.96. The quantitative estimate of drug-likeness (QED) is 0.848. The Kier molecular flexibility index (Phi) is 3.21. The van der Waals surface area contributed by atoms with Crippen LogP contribution in [0, 0.1) is 0 Å². The van der Waals surface area contributed by atoms with Crippen LogP contribution in [0.4, 0.5) is 0 Å². The predicted molar refractivity (Wildman–Crippen MR) is 54.3 cm³/mol. The summed E-state index contributed by atoms with van der Waals surface area (Å²) in [5.74, 6) is -0.466. The van der Waals surface area contributed by atoms with E-state index in [0.29, 0.717) is 4.47 Å². The van der Waals surface area contributed by atoms with Gasteiger partial charge in [-0.25, -0.2) is 8.42 Å². The molecule has 0 heterocycles.